The van der Waals surface area contributed by atoms with Crippen LogP contribution in [-0.4, -0.2) is 13.1 Å². The van der Waals surface area contributed by atoms with Gasteiger partial charge in [0.1, 0.15) is 0 Å². The lowest BCUT2D eigenvalue weighted by atomic mass is 10.2. The van der Waals surface area contributed by atoms with Crippen molar-refractivity contribution in [2.24, 2.45) is 0 Å². The zero-order chi connectivity index (χ0) is 15.0. The second-order valence-electron chi connectivity index (χ2n) is 4.06. The molecule has 1 aromatic heterocycles. The number of anilines is 1. The maximum Gasteiger partial charge on any atom is 0.302 e. The van der Waals surface area contributed by atoms with E-state index in [0.29, 0.717) is 6.04 Å². The average molecular weight is 348 g/mol. The summed E-state index contributed by atoms with van der Waals surface area (Å²) in [6.07, 6.45) is 0. The number of para-hydroxylation sites is 1. The summed E-state index contributed by atoms with van der Waals surface area (Å²) >= 11 is 7.82. The fourth-order valence-electron chi connectivity index (χ4n) is 1.42. The van der Waals surface area contributed by atoms with Crippen LogP contribution in [0.3, 0.4) is 0 Å². The largest absolute Gasteiger partial charge is 0.469 e. The highest BCUT2D eigenvalue weighted by Crippen LogP contribution is 2.27. The van der Waals surface area contributed by atoms with Crippen LogP contribution in [0.5, 0.6) is 0 Å². The highest BCUT2D eigenvalue weighted by atomic mass is 35.5. The van der Waals surface area contributed by atoms with Crippen molar-refractivity contribution in [2.45, 2.75) is 19.9 Å². The number of rotatable bonds is 3. The van der Waals surface area contributed by atoms with Crippen LogP contribution in [0.25, 0.3) is 0 Å². The van der Waals surface area contributed by atoms with Crippen molar-refractivity contribution in [3.8, 4) is 0 Å². The minimum absolute atomic E-state index is 0. The topological polar surface area (TPSA) is 38.3 Å². The molecule has 1 unspecified atom stereocenters. The summed E-state index contributed by atoms with van der Waals surface area (Å²) in [6, 6.07) is 12.3. The van der Waals surface area contributed by atoms with Gasteiger partial charge in [-0.3, -0.25) is 4.79 Å². The van der Waals surface area contributed by atoms with Crippen LogP contribution in [0.1, 0.15) is 24.8 Å². The van der Waals surface area contributed by atoms with E-state index in [2.05, 4.69) is 34.5 Å². The minimum Gasteiger partial charge on any atom is -0.469 e. The fraction of sp³-hybridized carbons (Fsp3) is 0.267. The third-order valence-electron chi connectivity index (χ3n) is 2.50. The number of hydrogen-bond donors (Lipinski definition) is 1. The molecule has 2 rings (SSSR count). The SMILES string of the molecule is CC(Nc1ccccc1Cl)c1cccs1.COC(C)=O.Cl. The predicted octanol–water partition coefficient (Wildman–Crippen LogP) is 5.18. The average Bonchev–Trinajstić information content (AvgIpc) is 2.96. The van der Waals surface area contributed by atoms with Crippen molar-refractivity contribution >= 4 is 47.0 Å². The van der Waals surface area contributed by atoms with Gasteiger partial charge >= 0.3 is 5.97 Å². The van der Waals surface area contributed by atoms with Gasteiger partial charge in [0, 0.05) is 11.8 Å². The number of carbonyl (C=O) groups is 1. The van der Waals surface area contributed by atoms with Gasteiger partial charge in [-0.2, -0.15) is 0 Å². The van der Waals surface area contributed by atoms with Gasteiger partial charge in [0.2, 0.25) is 0 Å². The molecule has 1 heterocycles. The Morgan fingerprint density at radius 3 is 2.38 bits per heavy atom. The Morgan fingerprint density at radius 1 is 1.29 bits per heavy atom. The molecule has 0 fully saturated rings. The molecule has 0 aliphatic rings. The van der Waals surface area contributed by atoms with Crippen LogP contribution in [-0.2, 0) is 9.53 Å². The van der Waals surface area contributed by atoms with Crippen molar-refractivity contribution in [2.75, 3.05) is 12.4 Å². The monoisotopic (exact) mass is 347 g/mol. The van der Waals surface area contributed by atoms with Gasteiger partial charge in [-0.25, -0.2) is 0 Å². The van der Waals surface area contributed by atoms with E-state index >= 15 is 0 Å². The summed E-state index contributed by atoms with van der Waals surface area (Å²) in [4.78, 5) is 10.9. The Hall–Kier alpha value is -1.23. The summed E-state index contributed by atoms with van der Waals surface area (Å²) in [6.45, 7) is 3.50. The molecule has 0 saturated heterocycles. The highest BCUT2D eigenvalue weighted by molar-refractivity contribution is 7.10. The van der Waals surface area contributed by atoms with Gasteiger partial charge < -0.3 is 10.1 Å². The highest BCUT2D eigenvalue weighted by Gasteiger charge is 2.07. The number of methoxy groups -OCH3 is 1. The van der Waals surface area contributed by atoms with Crippen molar-refractivity contribution in [1.29, 1.82) is 0 Å². The lowest BCUT2D eigenvalue weighted by molar-refractivity contribution is -0.137. The molecule has 3 nitrogen and oxygen atoms in total. The van der Waals surface area contributed by atoms with E-state index in [1.807, 2.05) is 24.3 Å². The fourth-order valence-corrected chi connectivity index (χ4v) is 2.35. The molecule has 116 valence electrons. The molecule has 1 atom stereocenters. The Bertz CT molecular complexity index is 532. The molecule has 0 amide bonds. The molecule has 2 aromatic rings. The number of halogens is 2. The summed E-state index contributed by atoms with van der Waals surface area (Å²) in [7, 11) is 1.35. The van der Waals surface area contributed by atoms with Crippen LogP contribution >= 0.6 is 35.3 Å². The Morgan fingerprint density at radius 2 is 1.90 bits per heavy atom. The molecular formula is C15H19Cl2NO2S. The molecule has 0 bridgehead atoms. The Labute approximate surface area is 140 Å². The third-order valence-corrected chi connectivity index (χ3v) is 3.89. The van der Waals surface area contributed by atoms with Gasteiger partial charge in [0.25, 0.3) is 0 Å². The summed E-state index contributed by atoms with van der Waals surface area (Å²) in [5.41, 5.74) is 0.986. The van der Waals surface area contributed by atoms with Gasteiger partial charge in [0.05, 0.1) is 23.9 Å². The molecular weight excluding hydrogens is 329 g/mol. The zero-order valence-corrected chi connectivity index (χ0v) is 14.5. The number of hydrogen-bond acceptors (Lipinski definition) is 4. The Balaban J connectivity index is 0.000000583. The number of esters is 1. The maximum atomic E-state index is 9.59. The first kappa shape index (κ1) is 19.8. The van der Waals surface area contributed by atoms with Crippen LogP contribution < -0.4 is 5.32 Å². The number of nitrogens with one attached hydrogen (secondary N) is 1. The van der Waals surface area contributed by atoms with E-state index in [0.717, 1.165) is 10.7 Å². The van der Waals surface area contributed by atoms with Gasteiger partial charge in [-0.1, -0.05) is 29.8 Å². The first-order valence-corrected chi connectivity index (χ1v) is 7.39. The van der Waals surface area contributed by atoms with Gasteiger partial charge in [0.15, 0.2) is 0 Å². The third kappa shape index (κ3) is 7.37. The van der Waals surface area contributed by atoms with E-state index in [4.69, 9.17) is 11.6 Å². The lowest BCUT2D eigenvalue weighted by Gasteiger charge is -2.14. The number of carbonyl (C=O) groups excluding carboxylic acids is 1. The van der Waals surface area contributed by atoms with Crippen molar-refractivity contribution in [3.05, 3.63) is 51.7 Å². The second-order valence-corrected chi connectivity index (χ2v) is 5.44. The molecule has 1 aromatic carbocycles. The first-order chi connectivity index (χ1) is 9.54. The van der Waals surface area contributed by atoms with Crippen molar-refractivity contribution < 1.29 is 9.53 Å². The summed E-state index contributed by atoms with van der Waals surface area (Å²) < 4.78 is 4.11. The molecule has 0 aliphatic heterocycles. The number of ether oxygens (including phenoxy) is 1. The quantitative estimate of drug-likeness (QED) is 0.777. The number of thiophene rings is 1. The lowest BCUT2D eigenvalue weighted by Crippen LogP contribution is -2.04. The summed E-state index contributed by atoms with van der Waals surface area (Å²) in [5, 5.41) is 6.24. The zero-order valence-electron chi connectivity index (χ0n) is 12.1. The first-order valence-electron chi connectivity index (χ1n) is 6.13. The number of benzene rings is 1. The molecule has 21 heavy (non-hydrogen) atoms. The molecule has 0 aliphatic carbocycles. The van der Waals surface area contributed by atoms with Crippen LogP contribution in [0.15, 0.2) is 41.8 Å². The second kappa shape index (κ2) is 10.5. The minimum atomic E-state index is -0.245. The van der Waals surface area contributed by atoms with Crippen molar-refractivity contribution in [1.82, 2.24) is 0 Å². The standard InChI is InChI=1S/C12H12ClNS.C3H6O2.ClH/c1-9(12-7-4-8-15-12)14-11-6-3-2-5-10(11)13;1-3(4)5-2;/h2-9,14H,1H3;1-2H3;1H. The normalized spacial score (nSPS) is 10.5. The maximum absolute atomic E-state index is 9.59. The molecule has 1 N–H and O–H groups in total. The van der Waals surface area contributed by atoms with E-state index in [-0.39, 0.29) is 18.4 Å². The Kier molecular flexibility index (Phi) is 9.88. The van der Waals surface area contributed by atoms with Crippen LogP contribution in [0.2, 0.25) is 5.02 Å². The molecule has 0 saturated carbocycles. The van der Waals surface area contributed by atoms with Gasteiger partial charge in [-0.15, -0.1) is 23.7 Å². The predicted molar refractivity (Wildman–Crippen MR) is 92.7 cm³/mol. The molecule has 6 heteroatoms. The van der Waals surface area contributed by atoms with Gasteiger partial charge in [-0.05, 0) is 30.5 Å². The molecule has 0 spiro atoms. The van der Waals surface area contributed by atoms with E-state index < -0.39 is 0 Å². The van der Waals surface area contributed by atoms with Crippen LogP contribution in [0, 0.1) is 0 Å². The van der Waals surface area contributed by atoms with Crippen molar-refractivity contribution in [3.63, 3.8) is 0 Å². The van der Waals surface area contributed by atoms with Crippen LogP contribution in [0.4, 0.5) is 5.69 Å². The van der Waals surface area contributed by atoms with E-state index in [1.165, 1.54) is 18.9 Å². The summed E-state index contributed by atoms with van der Waals surface area (Å²) in [5.74, 6) is -0.245. The van der Waals surface area contributed by atoms with E-state index in [1.54, 1.807) is 11.3 Å². The molecule has 0 radical (unpaired) electrons. The van der Waals surface area contributed by atoms with E-state index in [9.17, 15) is 4.79 Å². The smallest absolute Gasteiger partial charge is 0.302 e.